The highest BCUT2D eigenvalue weighted by Crippen LogP contribution is 2.29. The van der Waals surface area contributed by atoms with E-state index in [1.165, 1.54) is 12.8 Å². The highest BCUT2D eigenvalue weighted by Gasteiger charge is 2.30. The predicted molar refractivity (Wildman–Crippen MR) is 92.0 cm³/mol. The number of amides is 2. The molecule has 2 fully saturated rings. The minimum atomic E-state index is 0.102. The lowest BCUT2D eigenvalue weighted by Crippen LogP contribution is -2.40. The molecule has 23 heavy (non-hydrogen) atoms. The van der Waals surface area contributed by atoms with Crippen LogP contribution in [0.5, 0.6) is 0 Å². The van der Waals surface area contributed by atoms with E-state index in [4.69, 9.17) is 0 Å². The van der Waals surface area contributed by atoms with Gasteiger partial charge in [0, 0.05) is 24.4 Å². The van der Waals surface area contributed by atoms with E-state index >= 15 is 0 Å². The Morgan fingerprint density at radius 3 is 2.04 bits per heavy atom. The number of hydrogen-bond acceptors (Lipinski definition) is 3. The van der Waals surface area contributed by atoms with Gasteiger partial charge in [-0.25, -0.2) is 0 Å². The van der Waals surface area contributed by atoms with Crippen molar-refractivity contribution >= 4 is 11.8 Å². The molecule has 2 amide bonds. The van der Waals surface area contributed by atoms with Gasteiger partial charge in [-0.05, 0) is 65.6 Å². The standard InChI is InChI=1S/C18H33N3O2/c1-21(2)13-5-12-19-17(22)14-8-10-15(11-9-14)18(23)20-16-6-3-4-7-16/h14-16H,3-13H2,1-2H3,(H,19,22)(H,20,23). The Bertz CT molecular complexity index is 384. The van der Waals surface area contributed by atoms with Crippen molar-refractivity contribution in [3.63, 3.8) is 0 Å². The lowest BCUT2D eigenvalue weighted by atomic mass is 9.81. The molecule has 5 heteroatoms. The minimum Gasteiger partial charge on any atom is -0.356 e. The van der Waals surface area contributed by atoms with Crippen molar-refractivity contribution in [1.82, 2.24) is 15.5 Å². The fourth-order valence-corrected chi connectivity index (χ4v) is 3.76. The maximum Gasteiger partial charge on any atom is 0.223 e. The minimum absolute atomic E-state index is 0.102. The topological polar surface area (TPSA) is 61.4 Å². The van der Waals surface area contributed by atoms with Crippen LogP contribution in [-0.2, 0) is 9.59 Å². The Hall–Kier alpha value is -1.10. The molecular weight excluding hydrogens is 290 g/mol. The summed E-state index contributed by atoms with van der Waals surface area (Å²) in [4.78, 5) is 26.6. The second kappa shape index (κ2) is 9.26. The molecule has 2 rings (SSSR count). The van der Waals surface area contributed by atoms with Gasteiger partial charge in [-0.15, -0.1) is 0 Å². The summed E-state index contributed by atoms with van der Waals surface area (Å²) < 4.78 is 0. The molecule has 2 N–H and O–H groups in total. The molecule has 5 nitrogen and oxygen atoms in total. The van der Waals surface area contributed by atoms with Crippen molar-refractivity contribution in [2.75, 3.05) is 27.2 Å². The third kappa shape index (κ3) is 6.13. The van der Waals surface area contributed by atoms with E-state index in [9.17, 15) is 9.59 Å². The quantitative estimate of drug-likeness (QED) is 0.704. The molecule has 0 aromatic rings. The van der Waals surface area contributed by atoms with Crippen LogP contribution in [0.2, 0.25) is 0 Å². The molecule has 0 heterocycles. The zero-order valence-corrected chi connectivity index (χ0v) is 14.8. The van der Waals surface area contributed by atoms with Gasteiger partial charge in [0.15, 0.2) is 0 Å². The van der Waals surface area contributed by atoms with Crippen LogP contribution < -0.4 is 10.6 Å². The Morgan fingerprint density at radius 2 is 1.48 bits per heavy atom. The Kier molecular flexibility index (Phi) is 7.34. The maximum absolute atomic E-state index is 12.3. The summed E-state index contributed by atoms with van der Waals surface area (Å²) in [5, 5.41) is 6.25. The fourth-order valence-electron chi connectivity index (χ4n) is 3.76. The molecule has 0 atom stereocenters. The second-order valence-corrected chi connectivity index (χ2v) is 7.49. The molecule has 0 saturated heterocycles. The number of carbonyl (C=O) groups excluding carboxylic acids is 2. The molecule has 0 aromatic carbocycles. The number of rotatable bonds is 7. The zero-order chi connectivity index (χ0) is 16.7. The maximum atomic E-state index is 12.3. The van der Waals surface area contributed by atoms with Gasteiger partial charge in [-0.2, -0.15) is 0 Å². The van der Waals surface area contributed by atoms with E-state index in [0.717, 1.165) is 58.0 Å². The first-order chi connectivity index (χ1) is 11.1. The van der Waals surface area contributed by atoms with Crippen LogP contribution in [0.1, 0.15) is 57.8 Å². The highest BCUT2D eigenvalue weighted by molar-refractivity contribution is 5.81. The molecule has 0 unspecified atom stereocenters. The van der Waals surface area contributed by atoms with Gasteiger partial charge in [0.1, 0.15) is 0 Å². The lowest BCUT2D eigenvalue weighted by molar-refractivity contribution is -0.130. The van der Waals surface area contributed by atoms with Gasteiger partial charge in [-0.3, -0.25) is 9.59 Å². The van der Waals surface area contributed by atoms with Crippen molar-refractivity contribution in [2.45, 2.75) is 63.8 Å². The number of carbonyl (C=O) groups is 2. The summed E-state index contributed by atoms with van der Waals surface area (Å²) in [6, 6.07) is 0.403. The second-order valence-electron chi connectivity index (χ2n) is 7.49. The van der Waals surface area contributed by atoms with E-state index in [-0.39, 0.29) is 23.7 Å². The van der Waals surface area contributed by atoms with Crippen molar-refractivity contribution in [2.24, 2.45) is 11.8 Å². The van der Waals surface area contributed by atoms with Gasteiger partial charge in [0.25, 0.3) is 0 Å². The normalized spacial score (nSPS) is 25.5. The van der Waals surface area contributed by atoms with Crippen LogP contribution in [0.25, 0.3) is 0 Å². The SMILES string of the molecule is CN(C)CCCNC(=O)C1CCC(C(=O)NC2CCCC2)CC1. The van der Waals surface area contributed by atoms with Gasteiger partial charge < -0.3 is 15.5 Å². The third-order valence-corrected chi connectivity index (χ3v) is 5.25. The molecule has 2 aliphatic carbocycles. The van der Waals surface area contributed by atoms with Gasteiger partial charge in [0.2, 0.25) is 11.8 Å². The van der Waals surface area contributed by atoms with E-state index in [1.807, 2.05) is 14.1 Å². The molecule has 0 spiro atoms. The van der Waals surface area contributed by atoms with Gasteiger partial charge >= 0.3 is 0 Å². The van der Waals surface area contributed by atoms with E-state index < -0.39 is 0 Å². The van der Waals surface area contributed by atoms with Crippen LogP contribution in [0.3, 0.4) is 0 Å². The summed E-state index contributed by atoms with van der Waals surface area (Å²) in [5.41, 5.74) is 0. The average Bonchev–Trinajstić information content (AvgIpc) is 3.04. The van der Waals surface area contributed by atoms with Crippen LogP contribution in [0, 0.1) is 11.8 Å². The lowest BCUT2D eigenvalue weighted by Gasteiger charge is -2.28. The molecule has 2 saturated carbocycles. The number of hydrogen-bond donors (Lipinski definition) is 2. The molecule has 0 aromatic heterocycles. The van der Waals surface area contributed by atoms with Crippen molar-refractivity contribution in [3.05, 3.63) is 0 Å². The highest BCUT2D eigenvalue weighted by atomic mass is 16.2. The average molecular weight is 323 g/mol. The summed E-state index contributed by atoms with van der Waals surface area (Å²) in [6.07, 6.45) is 9.15. The Balaban J connectivity index is 1.62. The van der Waals surface area contributed by atoms with E-state index in [0.29, 0.717) is 6.04 Å². The van der Waals surface area contributed by atoms with Crippen molar-refractivity contribution < 1.29 is 9.59 Å². The monoisotopic (exact) mass is 323 g/mol. The first-order valence-corrected chi connectivity index (χ1v) is 9.29. The summed E-state index contributed by atoms with van der Waals surface area (Å²) >= 11 is 0. The molecule has 2 aliphatic rings. The van der Waals surface area contributed by atoms with Crippen molar-refractivity contribution in [1.29, 1.82) is 0 Å². The van der Waals surface area contributed by atoms with Crippen LogP contribution >= 0.6 is 0 Å². The molecular formula is C18H33N3O2. The third-order valence-electron chi connectivity index (χ3n) is 5.25. The Labute approximate surface area is 140 Å². The van der Waals surface area contributed by atoms with Gasteiger partial charge in [0.05, 0.1) is 0 Å². The van der Waals surface area contributed by atoms with E-state index in [2.05, 4.69) is 15.5 Å². The molecule has 0 radical (unpaired) electrons. The van der Waals surface area contributed by atoms with Crippen LogP contribution in [-0.4, -0.2) is 49.9 Å². The molecule has 132 valence electrons. The molecule has 0 aliphatic heterocycles. The fraction of sp³-hybridized carbons (Fsp3) is 0.889. The summed E-state index contributed by atoms with van der Waals surface area (Å²) in [5.74, 6) is 0.624. The summed E-state index contributed by atoms with van der Waals surface area (Å²) in [7, 11) is 4.08. The first kappa shape index (κ1) is 18.2. The number of nitrogens with zero attached hydrogens (tertiary/aromatic N) is 1. The predicted octanol–water partition coefficient (Wildman–Crippen LogP) is 1.92. The van der Waals surface area contributed by atoms with Crippen LogP contribution in [0.15, 0.2) is 0 Å². The van der Waals surface area contributed by atoms with Crippen molar-refractivity contribution in [3.8, 4) is 0 Å². The summed E-state index contributed by atoms with van der Waals surface area (Å²) in [6.45, 7) is 1.74. The van der Waals surface area contributed by atoms with E-state index in [1.54, 1.807) is 0 Å². The zero-order valence-electron chi connectivity index (χ0n) is 14.8. The van der Waals surface area contributed by atoms with Crippen LogP contribution in [0.4, 0.5) is 0 Å². The molecule has 0 bridgehead atoms. The number of nitrogens with one attached hydrogen (secondary N) is 2. The largest absolute Gasteiger partial charge is 0.356 e. The van der Waals surface area contributed by atoms with Gasteiger partial charge in [-0.1, -0.05) is 12.8 Å². The smallest absolute Gasteiger partial charge is 0.223 e. The Morgan fingerprint density at radius 1 is 0.913 bits per heavy atom. The first-order valence-electron chi connectivity index (χ1n) is 9.29.